The molecule has 0 heterocycles. The Morgan fingerprint density at radius 2 is 1.52 bits per heavy atom. The van der Waals surface area contributed by atoms with Gasteiger partial charge < -0.3 is 14.5 Å². The minimum atomic E-state index is 0.337. The standard InChI is InChI=1S/C18H36N2O/c1-19(2)14-9-7-5-6-8-10-15-20(3)16-13-18(21-4)17-11-12-17/h13,16-18H,5-12,14-15H2,1-4H3/b16-13+. The number of unbranched alkanes of at least 4 members (excludes halogenated alkanes) is 5. The summed E-state index contributed by atoms with van der Waals surface area (Å²) in [5, 5.41) is 0. The van der Waals surface area contributed by atoms with Crippen LogP contribution in [0, 0.1) is 5.92 Å². The Hall–Kier alpha value is -0.540. The monoisotopic (exact) mass is 296 g/mol. The first-order valence-corrected chi connectivity index (χ1v) is 8.69. The Labute approximate surface area is 132 Å². The molecule has 3 heteroatoms. The molecule has 1 rings (SSSR count). The number of hydrogen-bond donors (Lipinski definition) is 0. The first kappa shape index (κ1) is 18.5. The predicted molar refractivity (Wildman–Crippen MR) is 91.5 cm³/mol. The van der Waals surface area contributed by atoms with Gasteiger partial charge in [-0.1, -0.05) is 25.7 Å². The van der Waals surface area contributed by atoms with Gasteiger partial charge in [0.1, 0.15) is 0 Å². The maximum Gasteiger partial charge on any atom is 0.0796 e. The molecule has 1 aliphatic carbocycles. The van der Waals surface area contributed by atoms with E-state index in [1.54, 1.807) is 0 Å². The molecule has 0 aliphatic heterocycles. The maximum atomic E-state index is 5.51. The third-order valence-corrected chi connectivity index (χ3v) is 4.26. The van der Waals surface area contributed by atoms with E-state index in [-0.39, 0.29) is 0 Å². The zero-order chi connectivity index (χ0) is 15.5. The van der Waals surface area contributed by atoms with E-state index in [2.05, 4.69) is 43.2 Å². The van der Waals surface area contributed by atoms with E-state index in [0.717, 1.165) is 12.5 Å². The van der Waals surface area contributed by atoms with Crippen molar-refractivity contribution in [1.82, 2.24) is 9.80 Å². The molecule has 0 N–H and O–H groups in total. The SMILES string of the molecule is COC(/C=C/N(C)CCCCCCCCN(C)C)C1CC1. The average Bonchev–Trinajstić information content (AvgIpc) is 3.27. The van der Waals surface area contributed by atoms with Crippen LogP contribution in [0.25, 0.3) is 0 Å². The molecule has 0 aromatic heterocycles. The summed E-state index contributed by atoms with van der Waals surface area (Å²) in [7, 11) is 8.30. The van der Waals surface area contributed by atoms with Crippen LogP contribution in [0.5, 0.6) is 0 Å². The lowest BCUT2D eigenvalue weighted by Crippen LogP contribution is -2.15. The Morgan fingerprint density at radius 3 is 2.05 bits per heavy atom. The first-order valence-electron chi connectivity index (χ1n) is 8.69. The molecule has 21 heavy (non-hydrogen) atoms. The van der Waals surface area contributed by atoms with Gasteiger partial charge in [-0.05, 0) is 64.5 Å². The van der Waals surface area contributed by atoms with E-state index in [9.17, 15) is 0 Å². The minimum Gasteiger partial charge on any atom is -0.381 e. The molecule has 1 atom stereocenters. The smallest absolute Gasteiger partial charge is 0.0796 e. The molecule has 0 aromatic carbocycles. The summed E-state index contributed by atoms with van der Waals surface area (Å²) in [5.74, 6) is 0.779. The van der Waals surface area contributed by atoms with Gasteiger partial charge in [-0.2, -0.15) is 0 Å². The van der Waals surface area contributed by atoms with E-state index in [4.69, 9.17) is 4.74 Å². The number of hydrogen-bond acceptors (Lipinski definition) is 3. The maximum absolute atomic E-state index is 5.51. The van der Waals surface area contributed by atoms with Crippen LogP contribution in [-0.2, 0) is 4.74 Å². The van der Waals surface area contributed by atoms with Crippen molar-refractivity contribution < 1.29 is 4.74 Å². The number of rotatable bonds is 13. The van der Waals surface area contributed by atoms with Crippen molar-refractivity contribution in [2.45, 2.75) is 57.5 Å². The van der Waals surface area contributed by atoms with E-state index < -0.39 is 0 Å². The second kappa shape index (κ2) is 11.1. The molecule has 0 radical (unpaired) electrons. The van der Waals surface area contributed by atoms with Crippen LogP contribution < -0.4 is 0 Å². The summed E-state index contributed by atoms with van der Waals surface area (Å²) in [4.78, 5) is 4.58. The molecule has 0 amide bonds. The molecule has 0 saturated heterocycles. The van der Waals surface area contributed by atoms with Gasteiger partial charge in [-0.25, -0.2) is 0 Å². The van der Waals surface area contributed by atoms with Crippen LogP contribution in [0.1, 0.15) is 51.4 Å². The number of methoxy groups -OCH3 is 1. The second-order valence-corrected chi connectivity index (χ2v) is 6.78. The van der Waals surface area contributed by atoms with Crippen LogP contribution in [-0.4, -0.2) is 57.2 Å². The molecule has 3 nitrogen and oxygen atoms in total. The fourth-order valence-corrected chi connectivity index (χ4v) is 2.66. The van der Waals surface area contributed by atoms with Crippen LogP contribution in [0.4, 0.5) is 0 Å². The summed E-state index contributed by atoms with van der Waals surface area (Å²) >= 11 is 0. The molecule has 1 unspecified atom stereocenters. The van der Waals surface area contributed by atoms with Gasteiger partial charge >= 0.3 is 0 Å². The quantitative estimate of drug-likeness (QED) is 0.481. The van der Waals surface area contributed by atoms with E-state index in [1.165, 1.54) is 57.9 Å². The molecule has 1 aliphatic rings. The Kier molecular flexibility index (Phi) is 9.77. The van der Waals surface area contributed by atoms with Gasteiger partial charge in [-0.15, -0.1) is 0 Å². The third-order valence-electron chi connectivity index (χ3n) is 4.26. The first-order chi connectivity index (χ1) is 10.1. The topological polar surface area (TPSA) is 15.7 Å². The summed E-state index contributed by atoms with van der Waals surface area (Å²) < 4.78 is 5.51. The third kappa shape index (κ3) is 9.92. The lowest BCUT2D eigenvalue weighted by molar-refractivity contribution is 0.122. The minimum absolute atomic E-state index is 0.337. The molecular formula is C18H36N2O. The zero-order valence-corrected chi connectivity index (χ0v) is 14.7. The van der Waals surface area contributed by atoms with Crippen molar-refractivity contribution in [3.8, 4) is 0 Å². The molecule has 124 valence electrons. The summed E-state index contributed by atoms with van der Waals surface area (Å²) in [6, 6.07) is 0. The van der Waals surface area contributed by atoms with Crippen molar-refractivity contribution in [2.75, 3.05) is 41.3 Å². The van der Waals surface area contributed by atoms with Crippen molar-refractivity contribution in [3.63, 3.8) is 0 Å². The fraction of sp³-hybridized carbons (Fsp3) is 0.889. The van der Waals surface area contributed by atoms with E-state index in [1.807, 2.05) is 7.11 Å². The zero-order valence-electron chi connectivity index (χ0n) is 14.7. The number of nitrogens with zero attached hydrogens (tertiary/aromatic N) is 2. The van der Waals surface area contributed by atoms with Crippen molar-refractivity contribution in [2.24, 2.45) is 5.92 Å². The highest BCUT2D eigenvalue weighted by molar-refractivity contribution is 4.97. The second-order valence-electron chi connectivity index (χ2n) is 6.78. The summed E-state index contributed by atoms with van der Waals surface area (Å²) in [6.07, 6.45) is 15.6. The molecule has 0 bridgehead atoms. The lowest BCUT2D eigenvalue weighted by Gasteiger charge is -2.16. The van der Waals surface area contributed by atoms with Crippen LogP contribution in [0.2, 0.25) is 0 Å². The van der Waals surface area contributed by atoms with Crippen molar-refractivity contribution in [1.29, 1.82) is 0 Å². The van der Waals surface area contributed by atoms with Crippen molar-refractivity contribution >= 4 is 0 Å². The van der Waals surface area contributed by atoms with Crippen molar-refractivity contribution in [3.05, 3.63) is 12.3 Å². The number of ether oxygens (including phenoxy) is 1. The Morgan fingerprint density at radius 1 is 0.952 bits per heavy atom. The largest absolute Gasteiger partial charge is 0.381 e. The van der Waals surface area contributed by atoms with Crippen LogP contribution in [0.15, 0.2) is 12.3 Å². The highest BCUT2D eigenvalue weighted by atomic mass is 16.5. The Balaban J connectivity index is 1.93. The predicted octanol–water partition coefficient (Wildman–Crippen LogP) is 3.76. The molecular weight excluding hydrogens is 260 g/mol. The van der Waals surface area contributed by atoms with Crippen LogP contribution >= 0.6 is 0 Å². The summed E-state index contributed by atoms with van der Waals surface area (Å²) in [5.41, 5.74) is 0. The molecule has 1 fully saturated rings. The van der Waals surface area contributed by atoms with E-state index >= 15 is 0 Å². The lowest BCUT2D eigenvalue weighted by atomic mass is 10.1. The van der Waals surface area contributed by atoms with Gasteiger partial charge in [0.25, 0.3) is 0 Å². The van der Waals surface area contributed by atoms with Gasteiger partial charge in [0.2, 0.25) is 0 Å². The normalized spacial score (nSPS) is 16.8. The highest BCUT2D eigenvalue weighted by Gasteiger charge is 2.29. The van der Waals surface area contributed by atoms with Gasteiger partial charge in [0, 0.05) is 20.7 Å². The van der Waals surface area contributed by atoms with Gasteiger partial charge in [-0.3, -0.25) is 0 Å². The fourth-order valence-electron chi connectivity index (χ4n) is 2.66. The molecule has 0 spiro atoms. The summed E-state index contributed by atoms with van der Waals surface area (Å²) in [6.45, 7) is 2.39. The highest BCUT2D eigenvalue weighted by Crippen LogP contribution is 2.34. The Bertz CT molecular complexity index is 274. The van der Waals surface area contributed by atoms with Crippen LogP contribution in [0.3, 0.4) is 0 Å². The molecule has 0 aromatic rings. The molecule has 1 saturated carbocycles. The average molecular weight is 296 g/mol. The van der Waals surface area contributed by atoms with E-state index in [0.29, 0.717) is 6.10 Å². The van der Waals surface area contributed by atoms with Gasteiger partial charge in [0.05, 0.1) is 6.10 Å². The van der Waals surface area contributed by atoms with Gasteiger partial charge in [0.15, 0.2) is 0 Å².